The van der Waals surface area contributed by atoms with Crippen molar-refractivity contribution < 1.29 is 22.7 Å². The Kier molecular flexibility index (Phi) is 4.17. The number of sulfonamides is 1. The molecule has 2 heterocycles. The molecule has 0 fully saturated rings. The van der Waals surface area contributed by atoms with Gasteiger partial charge in [-0.3, -0.25) is 0 Å². The van der Waals surface area contributed by atoms with Crippen LogP contribution in [0, 0.1) is 20.8 Å². The first-order valence-electron chi connectivity index (χ1n) is 5.96. The Hall–Kier alpha value is -1.71. The lowest BCUT2D eigenvalue weighted by molar-refractivity contribution is 0.0691. The van der Waals surface area contributed by atoms with Crippen LogP contribution in [0.5, 0.6) is 0 Å². The summed E-state index contributed by atoms with van der Waals surface area (Å²) in [5.41, 5.74) is -0.338. The van der Waals surface area contributed by atoms with E-state index >= 15 is 0 Å². The number of aryl methyl sites for hydroxylation is 3. The monoisotopic (exact) mass is 330 g/mol. The van der Waals surface area contributed by atoms with Crippen LogP contribution in [-0.2, 0) is 16.6 Å². The Morgan fingerprint density at radius 1 is 1.38 bits per heavy atom. The van der Waals surface area contributed by atoms with Crippen LogP contribution in [0.4, 0.5) is 0 Å². The Bertz CT molecular complexity index is 789. The van der Waals surface area contributed by atoms with Crippen molar-refractivity contribution in [3.05, 3.63) is 33.2 Å². The summed E-state index contributed by atoms with van der Waals surface area (Å²) in [5, 5.41) is 9.75. The number of carboxylic acid groups (broad SMARTS) is 1. The molecule has 2 aromatic rings. The summed E-state index contributed by atoms with van der Waals surface area (Å²) in [6, 6.07) is 0. The molecular weight excluding hydrogens is 316 g/mol. The van der Waals surface area contributed by atoms with Gasteiger partial charge in [0, 0.05) is 11.1 Å². The second kappa shape index (κ2) is 5.58. The summed E-state index contributed by atoms with van der Waals surface area (Å²) >= 11 is 1.37. The largest absolute Gasteiger partial charge is 0.478 e. The molecule has 9 heteroatoms. The molecule has 0 aliphatic carbocycles. The molecule has 0 aliphatic rings. The number of nitrogens with zero attached hydrogens (tertiary/aromatic N) is 1. The lowest BCUT2D eigenvalue weighted by Gasteiger charge is -2.05. The molecule has 0 radical (unpaired) electrons. The third-order valence-corrected chi connectivity index (χ3v) is 5.24. The fourth-order valence-electron chi connectivity index (χ4n) is 1.95. The zero-order valence-corrected chi connectivity index (χ0v) is 13.3. The summed E-state index contributed by atoms with van der Waals surface area (Å²) in [7, 11) is -3.99. The van der Waals surface area contributed by atoms with E-state index < -0.39 is 16.0 Å². The van der Waals surface area contributed by atoms with Crippen molar-refractivity contribution in [1.29, 1.82) is 0 Å². The predicted molar refractivity (Wildman–Crippen MR) is 76.0 cm³/mol. The van der Waals surface area contributed by atoms with Crippen molar-refractivity contribution in [3.8, 4) is 0 Å². The number of nitrogens with one attached hydrogen (secondary N) is 1. The lowest BCUT2D eigenvalue weighted by Crippen LogP contribution is -2.25. The molecule has 7 nitrogen and oxygen atoms in total. The molecule has 0 unspecified atom stereocenters. The van der Waals surface area contributed by atoms with Gasteiger partial charge in [-0.15, -0.1) is 11.3 Å². The Labute approximate surface area is 125 Å². The molecule has 0 bridgehead atoms. The second-order valence-electron chi connectivity index (χ2n) is 4.41. The maximum atomic E-state index is 12.3. The topological polar surface area (TPSA) is 110 Å². The number of rotatable bonds is 5. The van der Waals surface area contributed by atoms with Crippen LogP contribution >= 0.6 is 11.3 Å². The minimum atomic E-state index is -3.99. The third kappa shape index (κ3) is 3.14. The quantitative estimate of drug-likeness (QED) is 0.865. The highest BCUT2D eigenvalue weighted by Crippen LogP contribution is 2.26. The van der Waals surface area contributed by atoms with Crippen molar-refractivity contribution in [1.82, 2.24) is 9.71 Å². The molecule has 2 rings (SSSR count). The van der Waals surface area contributed by atoms with Gasteiger partial charge in [0.1, 0.15) is 27.0 Å². The number of carboxylic acids is 1. The van der Waals surface area contributed by atoms with Crippen LogP contribution in [0.15, 0.2) is 15.5 Å². The molecule has 0 saturated carbocycles. The van der Waals surface area contributed by atoms with E-state index in [-0.39, 0.29) is 28.5 Å². The minimum absolute atomic E-state index is 0.00354. The van der Waals surface area contributed by atoms with E-state index in [0.29, 0.717) is 5.01 Å². The van der Waals surface area contributed by atoms with E-state index in [0.717, 1.165) is 4.88 Å². The Morgan fingerprint density at radius 2 is 2.05 bits per heavy atom. The fourth-order valence-corrected chi connectivity index (χ4v) is 4.16. The number of thiazole rings is 1. The van der Waals surface area contributed by atoms with E-state index in [2.05, 4.69) is 9.71 Å². The number of carbonyl (C=O) groups is 1. The standard InChI is InChI=1S/C12H14N2O5S2/c1-6-4-13-9(20-6)5-14-21(17,18)11-8(3)19-7(2)10(11)12(15)16/h4,14H,5H2,1-3H3,(H,15,16). The second-order valence-corrected chi connectivity index (χ2v) is 7.44. The van der Waals surface area contributed by atoms with Gasteiger partial charge in [0.15, 0.2) is 0 Å². The van der Waals surface area contributed by atoms with Gasteiger partial charge in [-0.2, -0.15) is 0 Å². The van der Waals surface area contributed by atoms with Gasteiger partial charge in [0.05, 0.1) is 6.54 Å². The minimum Gasteiger partial charge on any atom is -0.478 e. The van der Waals surface area contributed by atoms with Gasteiger partial charge < -0.3 is 9.52 Å². The first kappa shape index (κ1) is 15.7. The predicted octanol–water partition coefficient (Wildman–Crippen LogP) is 1.84. The molecule has 21 heavy (non-hydrogen) atoms. The SMILES string of the molecule is Cc1cnc(CNS(=O)(=O)c2c(C)oc(C)c2C(=O)O)s1. The van der Waals surface area contributed by atoms with Gasteiger partial charge in [-0.25, -0.2) is 22.9 Å². The van der Waals surface area contributed by atoms with Crippen molar-refractivity contribution in [2.45, 2.75) is 32.2 Å². The molecule has 0 atom stereocenters. The van der Waals surface area contributed by atoms with Crippen LogP contribution < -0.4 is 4.72 Å². The summed E-state index contributed by atoms with van der Waals surface area (Å²) in [5.74, 6) is -1.23. The summed E-state index contributed by atoms with van der Waals surface area (Å²) in [4.78, 5) is 15.9. The summed E-state index contributed by atoms with van der Waals surface area (Å²) < 4.78 is 32.1. The normalized spacial score (nSPS) is 11.8. The first-order valence-corrected chi connectivity index (χ1v) is 8.26. The zero-order valence-electron chi connectivity index (χ0n) is 11.6. The summed E-state index contributed by atoms with van der Waals surface area (Å²) in [6.45, 7) is 4.70. The van der Waals surface area contributed by atoms with Crippen LogP contribution in [-0.4, -0.2) is 24.5 Å². The van der Waals surface area contributed by atoms with Crippen molar-refractivity contribution >= 4 is 27.3 Å². The van der Waals surface area contributed by atoms with Gasteiger partial charge >= 0.3 is 5.97 Å². The number of hydrogen-bond acceptors (Lipinski definition) is 6. The fraction of sp³-hybridized carbons (Fsp3) is 0.333. The molecule has 2 N–H and O–H groups in total. The molecule has 2 aromatic heterocycles. The number of hydrogen-bond donors (Lipinski definition) is 2. The number of aromatic nitrogens is 1. The van der Waals surface area contributed by atoms with Crippen LogP contribution in [0.2, 0.25) is 0 Å². The number of aromatic carboxylic acids is 1. The maximum absolute atomic E-state index is 12.3. The average molecular weight is 330 g/mol. The highest BCUT2D eigenvalue weighted by Gasteiger charge is 2.30. The molecule has 0 saturated heterocycles. The lowest BCUT2D eigenvalue weighted by atomic mass is 10.2. The van der Waals surface area contributed by atoms with Crippen LogP contribution in [0.25, 0.3) is 0 Å². The summed E-state index contributed by atoms with van der Waals surface area (Å²) in [6.07, 6.45) is 1.64. The first-order chi connectivity index (χ1) is 9.72. The smallest absolute Gasteiger partial charge is 0.340 e. The van der Waals surface area contributed by atoms with Crippen LogP contribution in [0.3, 0.4) is 0 Å². The molecule has 114 valence electrons. The average Bonchev–Trinajstić information content (AvgIpc) is 2.90. The van der Waals surface area contributed by atoms with Gasteiger partial charge in [-0.05, 0) is 20.8 Å². The van der Waals surface area contributed by atoms with Gasteiger partial charge in [0.25, 0.3) is 0 Å². The maximum Gasteiger partial charge on any atom is 0.340 e. The molecule has 0 amide bonds. The van der Waals surface area contributed by atoms with Gasteiger partial charge in [0.2, 0.25) is 10.0 Å². The van der Waals surface area contributed by atoms with E-state index in [9.17, 15) is 13.2 Å². The molecular formula is C12H14N2O5S2. The third-order valence-electron chi connectivity index (χ3n) is 2.77. The highest BCUT2D eigenvalue weighted by molar-refractivity contribution is 7.89. The Balaban J connectivity index is 2.34. The zero-order chi connectivity index (χ0) is 15.8. The van der Waals surface area contributed by atoms with E-state index in [1.54, 1.807) is 6.20 Å². The van der Waals surface area contributed by atoms with E-state index in [1.165, 1.54) is 25.2 Å². The van der Waals surface area contributed by atoms with Crippen molar-refractivity contribution in [3.63, 3.8) is 0 Å². The molecule has 0 aromatic carbocycles. The Morgan fingerprint density at radius 3 is 2.57 bits per heavy atom. The number of furan rings is 1. The van der Waals surface area contributed by atoms with E-state index in [4.69, 9.17) is 9.52 Å². The van der Waals surface area contributed by atoms with Crippen LogP contribution in [0.1, 0.15) is 31.8 Å². The molecule has 0 aliphatic heterocycles. The van der Waals surface area contributed by atoms with E-state index in [1.807, 2.05) is 6.92 Å². The molecule has 0 spiro atoms. The van der Waals surface area contributed by atoms with Crippen molar-refractivity contribution in [2.75, 3.05) is 0 Å². The van der Waals surface area contributed by atoms with Gasteiger partial charge in [-0.1, -0.05) is 0 Å². The van der Waals surface area contributed by atoms with Crippen molar-refractivity contribution in [2.24, 2.45) is 0 Å². The highest BCUT2D eigenvalue weighted by atomic mass is 32.2.